The monoisotopic (exact) mass is 492 g/mol. The molecule has 0 saturated heterocycles. The van der Waals surface area contributed by atoms with Crippen LogP contribution in [-0.2, 0) is 0 Å². The van der Waals surface area contributed by atoms with Crippen molar-refractivity contribution in [3.05, 3.63) is 48.5 Å². The van der Waals surface area contributed by atoms with Crippen molar-refractivity contribution in [2.45, 2.75) is 105 Å². The maximum atomic E-state index is 5.88. The molecule has 0 aliphatic carbocycles. The van der Waals surface area contributed by atoms with E-state index >= 15 is 0 Å². The first-order valence-electron chi connectivity index (χ1n) is 14.2. The Morgan fingerprint density at radius 3 is 1.19 bits per heavy atom. The summed E-state index contributed by atoms with van der Waals surface area (Å²) in [5.41, 5.74) is 3.62. The summed E-state index contributed by atoms with van der Waals surface area (Å²) in [6.07, 6.45) is 15.3. The second-order valence-corrected chi connectivity index (χ2v) is 9.61. The van der Waals surface area contributed by atoms with E-state index in [2.05, 4.69) is 13.8 Å². The van der Waals surface area contributed by atoms with Gasteiger partial charge in [-0.1, -0.05) is 78.1 Å². The third kappa shape index (κ3) is 12.9. The molecule has 2 aromatic rings. The summed E-state index contributed by atoms with van der Waals surface area (Å²) < 4.78 is 11.8. The molecule has 0 aliphatic rings. The Bertz CT molecular complexity index is 810. The van der Waals surface area contributed by atoms with Gasteiger partial charge in [0.05, 0.1) is 36.0 Å². The van der Waals surface area contributed by atoms with Gasteiger partial charge in [-0.15, -0.1) is 0 Å². The molecule has 2 rings (SSSR count). The molecule has 0 aromatic heterocycles. The molecule has 0 heterocycles. The predicted molar refractivity (Wildman–Crippen MR) is 156 cm³/mol. The lowest BCUT2D eigenvalue weighted by atomic mass is 10.1. The predicted octanol–water partition coefficient (Wildman–Crippen LogP) is 10.1. The summed E-state index contributed by atoms with van der Waals surface area (Å²) >= 11 is 0. The Morgan fingerprint density at radius 2 is 0.833 bits per heavy atom. The fourth-order valence-corrected chi connectivity index (χ4v) is 3.93. The van der Waals surface area contributed by atoms with Crippen molar-refractivity contribution in [3.8, 4) is 11.5 Å². The maximum absolute atomic E-state index is 5.88. The second-order valence-electron chi connectivity index (χ2n) is 9.61. The van der Waals surface area contributed by atoms with Crippen molar-refractivity contribution in [3.63, 3.8) is 0 Å². The van der Waals surface area contributed by atoms with Crippen LogP contribution in [-0.4, -0.2) is 24.6 Å². The molecule has 0 amide bonds. The minimum Gasteiger partial charge on any atom is -0.494 e. The average Bonchev–Trinajstić information content (AvgIpc) is 2.89. The van der Waals surface area contributed by atoms with Crippen LogP contribution in [0.3, 0.4) is 0 Å². The van der Waals surface area contributed by atoms with Gasteiger partial charge in [-0.25, -0.2) is 0 Å². The zero-order valence-corrected chi connectivity index (χ0v) is 23.2. The van der Waals surface area contributed by atoms with E-state index in [1.54, 1.807) is 0 Å². The molecule has 0 fully saturated rings. The van der Waals surface area contributed by atoms with E-state index in [9.17, 15) is 0 Å². The normalized spacial score (nSPS) is 12.1. The smallest absolute Gasteiger partial charge is 0.119 e. The van der Waals surface area contributed by atoms with E-state index in [0.29, 0.717) is 0 Å². The van der Waals surface area contributed by atoms with Crippen molar-refractivity contribution in [2.75, 3.05) is 13.2 Å². The van der Waals surface area contributed by atoms with E-state index in [4.69, 9.17) is 19.5 Å². The lowest BCUT2D eigenvalue weighted by molar-refractivity contribution is 0.304. The lowest BCUT2D eigenvalue weighted by Crippen LogP contribution is -2.04. The molecule has 0 N–H and O–H groups in total. The topological polar surface area (TPSA) is 43.2 Å². The van der Waals surface area contributed by atoms with E-state index < -0.39 is 0 Å². The maximum Gasteiger partial charge on any atom is 0.119 e. The van der Waals surface area contributed by atoms with E-state index in [-0.39, 0.29) is 0 Å². The SMILES string of the molecule is CCCCCCCCOc1ccc(N=C(C)C(C)=Nc2ccc(OCCCCCCCC)cc2)cc1. The number of benzene rings is 2. The number of unbranched alkanes of at least 4 members (excludes halogenated alkanes) is 10. The summed E-state index contributed by atoms with van der Waals surface area (Å²) in [5.74, 6) is 1.81. The fourth-order valence-electron chi connectivity index (χ4n) is 3.93. The van der Waals surface area contributed by atoms with Gasteiger partial charge in [0.15, 0.2) is 0 Å². The van der Waals surface area contributed by atoms with E-state index in [1.165, 1.54) is 64.2 Å². The fraction of sp³-hybridized carbons (Fsp3) is 0.562. The quantitative estimate of drug-likeness (QED) is 0.145. The highest BCUT2D eigenvalue weighted by atomic mass is 16.5. The van der Waals surface area contributed by atoms with Gasteiger partial charge in [-0.2, -0.15) is 0 Å². The van der Waals surface area contributed by atoms with Gasteiger partial charge in [0, 0.05) is 0 Å². The van der Waals surface area contributed by atoms with E-state index in [1.807, 2.05) is 62.4 Å². The third-order valence-corrected chi connectivity index (χ3v) is 6.32. The van der Waals surface area contributed by atoms with Crippen molar-refractivity contribution < 1.29 is 9.47 Å². The van der Waals surface area contributed by atoms with Gasteiger partial charge in [0.1, 0.15) is 11.5 Å². The van der Waals surface area contributed by atoms with Crippen LogP contribution in [0.1, 0.15) is 105 Å². The molecule has 0 aliphatic heterocycles. The van der Waals surface area contributed by atoms with Gasteiger partial charge < -0.3 is 9.47 Å². The van der Waals surface area contributed by atoms with Crippen LogP contribution in [0.25, 0.3) is 0 Å². The highest BCUT2D eigenvalue weighted by Gasteiger charge is 2.02. The number of ether oxygens (including phenoxy) is 2. The van der Waals surface area contributed by atoms with Crippen LogP contribution < -0.4 is 9.47 Å². The molecule has 198 valence electrons. The number of rotatable bonds is 19. The zero-order chi connectivity index (χ0) is 25.8. The van der Waals surface area contributed by atoms with Crippen LogP contribution >= 0.6 is 0 Å². The summed E-state index contributed by atoms with van der Waals surface area (Å²) in [4.78, 5) is 9.47. The summed E-state index contributed by atoms with van der Waals surface area (Å²) in [6.45, 7) is 10.1. The van der Waals surface area contributed by atoms with Crippen molar-refractivity contribution in [1.29, 1.82) is 0 Å². The summed E-state index contributed by atoms with van der Waals surface area (Å²) in [6, 6.07) is 16.0. The first kappa shape index (κ1) is 29.6. The average molecular weight is 493 g/mol. The van der Waals surface area contributed by atoms with Crippen LogP contribution in [0.2, 0.25) is 0 Å². The first-order chi connectivity index (χ1) is 17.6. The highest BCUT2D eigenvalue weighted by molar-refractivity contribution is 6.41. The van der Waals surface area contributed by atoms with Crippen LogP contribution in [0.15, 0.2) is 58.5 Å². The molecule has 0 saturated carbocycles. The van der Waals surface area contributed by atoms with Crippen LogP contribution in [0, 0.1) is 0 Å². The van der Waals surface area contributed by atoms with Crippen molar-refractivity contribution in [2.24, 2.45) is 9.98 Å². The van der Waals surface area contributed by atoms with Crippen molar-refractivity contribution in [1.82, 2.24) is 0 Å². The molecule has 0 atom stereocenters. The van der Waals surface area contributed by atoms with E-state index in [0.717, 1.165) is 60.4 Å². The molecule has 0 bridgehead atoms. The summed E-state index contributed by atoms with van der Waals surface area (Å²) in [5, 5.41) is 0. The molecular formula is C32H48N2O2. The highest BCUT2D eigenvalue weighted by Crippen LogP contribution is 2.21. The molecule has 4 heteroatoms. The minimum atomic E-state index is 0.780. The summed E-state index contributed by atoms with van der Waals surface area (Å²) in [7, 11) is 0. The minimum absolute atomic E-state index is 0.780. The third-order valence-electron chi connectivity index (χ3n) is 6.32. The Balaban J connectivity index is 1.75. The Kier molecular flexibility index (Phi) is 15.3. The Hall–Kier alpha value is -2.62. The van der Waals surface area contributed by atoms with Gasteiger partial charge in [-0.3, -0.25) is 9.98 Å². The molecule has 36 heavy (non-hydrogen) atoms. The molecule has 0 spiro atoms. The number of hydrogen-bond donors (Lipinski definition) is 0. The molecule has 0 unspecified atom stereocenters. The molecule has 4 nitrogen and oxygen atoms in total. The Morgan fingerprint density at radius 1 is 0.500 bits per heavy atom. The van der Waals surface area contributed by atoms with Gasteiger partial charge >= 0.3 is 0 Å². The number of hydrogen-bond acceptors (Lipinski definition) is 4. The largest absolute Gasteiger partial charge is 0.494 e. The zero-order valence-electron chi connectivity index (χ0n) is 23.2. The molecular weight excluding hydrogens is 444 g/mol. The van der Waals surface area contributed by atoms with Crippen LogP contribution in [0.5, 0.6) is 11.5 Å². The molecule has 0 radical (unpaired) electrons. The standard InChI is InChI=1S/C32H48N2O2/c1-5-7-9-11-13-15-25-35-31-21-17-29(18-22-31)33-27(3)28(4)34-30-19-23-32(24-20-30)36-26-16-14-12-10-8-6-2/h17-24H,5-16,25-26H2,1-4H3. The van der Waals surface area contributed by atoms with Crippen molar-refractivity contribution >= 4 is 22.8 Å². The van der Waals surface area contributed by atoms with Gasteiger partial charge in [0.25, 0.3) is 0 Å². The molecule has 2 aromatic carbocycles. The Labute approximate surface area is 220 Å². The van der Waals surface area contributed by atoms with Gasteiger partial charge in [0.2, 0.25) is 0 Å². The number of nitrogens with zero attached hydrogens (tertiary/aromatic N) is 2. The lowest BCUT2D eigenvalue weighted by Gasteiger charge is -2.07. The first-order valence-corrected chi connectivity index (χ1v) is 14.2. The van der Waals surface area contributed by atoms with Crippen LogP contribution in [0.4, 0.5) is 11.4 Å². The number of aliphatic imine (C=N–C) groups is 2. The second kappa shape index (κ2) is 18.6. The van der Waals surface area contributed by atoms with Gasteiger partial charge in [-0.05, 0) is 75.2 Å².